The molecule has 20 heavy (non-hydrogen) atoms. The Morgan fingerprint density at radius 2 is 1.80 bits per heavy atom. The fourth-order valence-electron chi connectivity index (χ4n) is 3.04. The Kier molecular flexibility index (Phi) is 3.52. The summed E-state index contributed by atoms with van der Waals surface area (Å²) in [5.74, 6) is 0.194. The van der Waals surface area contributed by atoms with Gasteiger partial charge in [0.2, 0.25) is 0 Å². The third kappa shape index (κ3) is 2.34. The van der Waals surface area contributed by atoms with E-state index in [2.05, 4.69) is 0 Å². The number of rotatable bonds is 2. The number of hydrogen-bond acceptors (Lipinski definition) is 3. The van der Waals surface area contributed by atoms with E-state index in [0.29, 0.717) is 12.8 Å². The lowest BCUT2D eigenvalue weighted by Gasteiger charge is -2.27. The summed E-state index contributed by atoms with van der Waals surface area (Å²) < 4.78 is 24.3. The van der Waals surface area contributed by atoms with Crippen LogP contribution in [-0.4, -0.2) is 24.5 Å². The van der Waals surface area contributed by atoms with Gasteiger partial charge in [0, 0.05) is 0 Å². The van der Waals surface area contributed by atoms with Gasteiger partial charge < -0.3 is 5.11 Å². The smallest absolute Gasteiger partial charge is 0.156 e. The van der Waals surface area contributed by atoms with Crippen LogP contribution in [-0.2, 0) is 9.84 Å². The molecule has 3 rings (SSSR count). The summed E-state index contributed by atoms with van der Waals surface area (Å²) in [6.07, 6.45) is 1.19. The molecule has 0 saturated carbocycles. The monoisotopic (exact) mass is 290 g/mol. The predicted octanol–water partition coefficient (Wildman–Crippen LogP) is 2.84. The molecular formula is C16H18O3S. The van der Waals surface area contributed by atoms with E-state index in [1.165, 1.54) is 0 Å². The van der Waals surface area contributed by atoms with Gasteiger partial charge in [0.1, 0.15) is 0 Å². The number of fused-ring (bicyclic) bond motifs is 1. The number of sulfone groups is 1. The second-order valence-electron chi connectivity index (χ2n) is 5.41. The maximum absolute atomic E-state index is 12.2. The highest BCUT2D eigenvalue weighted by Crippen LogP contribution is 2.33. The molecule has 106 valence electrons. The third-order valence-electron chi connectivity index (χ3n) is 4.12. The molecule has 0 amide bonds. The summed E-state index contributed by atoms with van der Waals surface area (Å²) in [7, 11) is -3.19. The van der Waals surface area contributed by atoms with Crippen LogP contribution in [0.15, 0.2) is 42.5 Å². The highest BCUT2D eigenvalue weighted by atomic mass is 32.2. The molecule has 1 heterocycles. The zero-order valence-electron chi connectivity index (χ0n) is 11.2. The quantitative estimate of drug-likeness (QED) is 0.925. The molecule has 0 radical (unpaired) electrons. The first-order chi connectivity index (χ1) is 9.59. The average molecular weight is 290 g/mol. The first-order valence-electron chi connectivity index (χ1n) is 6.97. The summed E-state index contributed by atoms with van der Waals surface area (Å²) in [6.45, 7) is 0. The molecule has 2 aromatic carbocycles. The lowest BCUT2D eigenvalue weighted by molar-refractivity contribution is 0.166. The van der Waals surface area contributed by atoms with Crippen LogP contribution in [0.2, 0.25) is 0 Å². The highest BCUT2D eigenvalue weighted by molar-refractivity contribution is 7.92. The SMILES string of the molecule is O=S1(=O)CCCCC1C(O)c1cccc2ccccc12. The van der Waals surface area contributed by atoms with Crippen LogP contribution in [0.1, 0.15) is 30.9 Å². The molecule has 0 aromatic heterocycles. The predicted molar refractivity (Wildman–Crippen MR) is 80.3 cm³/mol. The van der Waals surface area contributed by atoms with Crippen molar-refractivity contribution in [3.8, 4) is 0 Å². The maximum Gasteiger partial charge on any atom is 0.156 e. The van der Waals surface area contributed by atoms with Crippen molar-refractivity contribution < 1.29 is 13.5 Å². The van der Waals surface area contributed by atoms with Crippen LogP contribution >= 0.6 is 0 Å². The van der Waals surface area contributed by atoms with E-state index in [0.717, 1.165) is 22.8 Å². The Balaban J connectivity index is 2.06. The van der Waals surface area contributed by atoms with Crippen molar-refractivity contribution in [3.63, 3.8) is 0 Å². The fraction of sp³-hybridized carbons (Fsp3) is 0.375. The molecule has 1 aliphatic heterocycles. The van der Waals surface area contributed by atoms with Gasteiger partial charge in [-0.25, -0.2) is 8.42 Å². The van der Waals surface area contributed by atoms with Crippen molar-refractivity contribution >= 4 is 20.6 Å². The second kappa shape index (κ2) is 5.19. The Labute approximate surface area is 119 Å². The number of aliphatic hydroxyl groups is 1. The number of aliphatic hydroxyl groups excluding tert-OH is 1. The summed E-state index contributed by atoms with van der Waals surface area (Å²) in [5.41, 5.74) is 0.721. The fourth-order valence-corrected chi connectivity index (χ4v) is 5.02. The molecule has 0 aliphatic carbocycles. The van der Waals surface area contributed by atoms with Gasteiger partial charge in [0.15, 0.2) is 9.84 Å². The Hall–Kier alpha value is -1.39. The lowest BCUT2D eigenvalue weighted by Crippen LogP contribution is -2.33. The van der Waals surface area contributed by atoms with E-state index in [-0.39, 0.29) is 5.75 Å². The Morgan fingerprint density at radius 1 is 1.05 bits per heavy atom. The summed E-state index contributed by atoms with van der Waals surface area (Å²) in [5, 5.41) is 11.9. The number of hydrogen-bond donors (Lipinski definition) is 1. The van der Waals surface area contributed by atoms with Gasteiger partial charge in [-0.3, -0.25) is 0 Å². The summed E-state index contributed by atoms with van der Waals surface area (Å²) >= 11 is 0. The third-order valence-corrected chi connectivity index (χ3v) is 6.40. The van der Waals surface area contributed by atoms with Crippen LogP contribution in [0.5, 0.6) is 0 Å². The van der Waals surface area contributed by atoms with E-state index >= 15 is 0 Å². The van der Waals surface area contributed by atoms with Crippen LogP contribution in [0.4, 0.5) is 0 Å². The minimum atomic E-state index is -3.19. The highest BCUT2D eigenvalue weighted by Gasteiger charge is 2.35. The van der Waals surface area contributed by atoms with Crippen molar-refractivity contribution in [1.82, 2.24) is 0 Å². The first kappa shape index (κ1) is 13.6. The van der Waals surface area contributed by atoms with Crippen LogP contribution in [0.3, 0.4) is 0 Å². The van der Waals surface area contributed by atoms with Crippen LogP contribution in [0, 0.1) is 0 Å². The van der Waals surface area contributed by atoms with Gasteiger partial charge in [-0.15, -0.1) is 0 Å². The van der Waals surface area contributed by atoms with Crippen molar-refractivity contribution in [1.29, 1.82) is 0 Å². The first-order valence-corrected chi connectivity index (χ1v) is 8.68. The molecule has 2 atom stereocenters. The van der Waals surface area contributed by atoms with Crippen LogP contribution in [0.25, 0.3) is 10.8 Å². The minimum Gasteiger partial charge on any atom is -0.387 e. The zero-order chi connectivity index (χ0) is 14.2. The van der Waals surface area contributed by atoms with Crippen molar-refractivity contribution in [2.75, 3.05) is 5.75 Å². The van der Waals surface area contributed by atoms with Gasteiger partial charge in [-0.2, -0.15) is 0 Å². The molecule has 2 aromatic rings. The largest absolute Gasteiger partial charge is 0.387 e. The van der Waals surface area contributed by atoms with Gasteiger partial charge in [0.25, 0.3) is 0 Å². The van der Waals surface area contributed by atoms with E-state index in [9.17, 15) is 13.5 Å². The molecule has 1 N–H and O–H groups in total. The van der Waals surface area contributed by atoms with Gasteiger partial charge in [-0.05, 0) is 29.2 Å². The molecular weight excluding hydrogens is 272 g/mol. The maximum atomic E-state index is 12.2. The van der Waals surface area contributed by atoms with Crippen molar-refractivity contribution in [2.24, 2.45) is 0 Å². The number of benzene rings is 2. The normalized spacial score (nSPS) is 23.6. The Bertz CT molecular complexity index is 716. The van der Waals surface area contributed by atoms with Crippen molar-refractivity contribution in [3.05, 3.63) is 48.0 Å². The summed E-state index contributed by atoms with van der Waals surface area (Å²) in [4.78, 5) is 0. The molecule has 4 heteroatoms. The van der Waals surface area contributed by atoms with Crippen LogP contribution < -0.4 is 0 Å². The zero-order valence-corrected chi connectivity index (χ0v) is 12.0. The molecule has 0 spiro atoms. The molecule has 1 aliphatic rings. The lowest BCUT2D eigenvalue weighted by atomic mass is 9.96. The second-order valence-corrected chi connectivity index (χ2v) is 7.75. The average Bonchev–Trinajstić information content (AvgIpc) is 2.45. The van der Waals surface area contributed by atoms with E-state index in [1.54, 1.807) is 0 Å². The summed E-state index contributed by atoms with van der Waals surface area (Å²) in [6, 6.07) is 13.4. The van der Waals surface area contributed by atoms with Gasteiger partial charge in [0.05, 0.1) is 17.1 Å². The van der Waals surface area contributed by atoms with Crippen molar-refractivity contribution in [2.45, 2.75) is 30.6 Å². The van der Waals surface area contributed by atoms with Gasteiger partial charge >= 0.3 is 0 Å². The topological polar surface area (TPSA) is 54.4 Å². The Morgan fingerprint density at radius 3 is 2.60 bits per heavy atom. The van der Waals surface area contributed by atoms with E-state index < -0.39 is 21.2 Å². The molecule has 1 saturated heterocycles. The van der Waals surface area contributed by atoms with Gasteiger partial charge in [-0.1, -0.05) is 48.9 Å². The molecule has 2 unspecified atom stereocenters. The molecule has 1 fully saturated rings. The molecule has 3 nitrogen and oxygen atoms in total. The molecule has 0 bridgehead atoms. The van der Waals surface area contributed by atoms with E-state index in [1.807, 2.05) is 42.5 Å². The van der Waals surface area contributed by atoms with E-state index in [4.69, 9.17) is 0 Å². The standard InChI is InChI=1S/C16H18O3S/c17-16(15-10-3-4-11-20(15,18)19)14-9-5-7-12-6-1-2-8-13(12)14/h1-2,5-9,15-17H,3-4,10-11H2. The minimum absolute atomic E-state index is 0.194.